The number of aromatic nitrogens is 2. The van der Waals surface area contributed by atoms with Crippen molar-refractivity contribution in [2.75, 3.05) is 19.8 Å². The van der Waals surface area contributed by atoms with Gasteiger partial charge >= 0.3 is 0 Å². The molecule has 17 heavy (non-hydrogen) atoms. The van der Waals surface area contributed by atoms with Crippen molar-refractivity contribution in [2.24, 2.45) is 7.05 Å². The van der Waals surface area contributed by atoms with Crippen LogP contribution >= 0.6 is 0 Å². The molecule has 0 amide bonds. The van der Waals surface area contributed by atoms with Crippen molar-refractivity contribution in [2.45, 2.75) is 31.8 Å². The molecule has 0 spiro atoms. The highest BCUT2D eigenvalue weighted by molar-refractivity contribution is 5.15. The van der Waals surface area contributed by atoms with E-state index in [-0.39, 0.29) is 12.1 Å². The summed E-state index contributed by atoms with van der Waals surface area (Å²) in [5.41, 5.74) is 2.05. The summed E-state index contributed by atoms with van der Waals surface area (Å²) in [4.78, 5) is 0. The van der Waals surface area contributed by atoms with E-state index in [1.807, 2.05) is 24.9 Å². The van der Waals surface area contributed by atoms with Gasteiger partial charge in [0.05, 0.1) is 12.3 Å². The fourth-order valence-electron chi connectivity index (χ4n) is 2.26. The van der Waals surface area contributed by atoms with E-state index >= 15 is 0 Å². The molecule has 0 bridgehead atoms. The van der Waals surface area contributed by atoms with Gasteiger partial charge in [-0.2, -0.15) is 5.10 Å². The molecule has 0 saturated carbocycles. The molecule has 96 valence electrons. The summed E-state index contributed by atoms with van der Waals surface area (Å²) in [5.74, 6) is 0. The molecule has 1 saturated heterocycles. The molecule has 5 heteroatoms. The lowest BCUT2D eigenvalue weighted by molar-refractivity contribution is 0.0111. The zero-order chi connectivity index (χ0) is 12.3. The minimum absolute atomic E-state index is 0.162. The van der Waals surface area contributed by atoms with Crippen LogP contribution in [0.15, 0.2) is 6.20 Å². The normalized spacial score (nSPS) is 19.5. The summed E-state index contributed by atoms with van der Waals surface area (Å²) in [6, 6.07) is 0. The molecule has 1 aromatic heterocycles. The summed E-state index contributed by atoms with van der Waals surface area (Å²) in [6.07, 6.45) is 3.75. The van der Waals surface area contributed by atoms with Crippen molar-refractivity contribution in [1.82, 2.24) is 15.1 Å². The first-order chi connectivity index (χ1) is 8.15. The monoisotopic (exact) mass is 239 g/mol. The molecule has 0 aromatic carbocycles. The van der Waals surface area contributed by atoms with Crippen LogP contribution in [0.4, 0.5) is 0 Å². The van der Waals surface area contributed by atoms with E-state index in [1.54, 1.807) is 0 Å². The van der Waals surface area contributed by atoms with Gasteiger partial charge < -0.3 is 15.2 Å². The SMILES string of the molecule is Cc1nn(C)cc1CNC1(CO)CCOCC1. The summed E-state index contributed by atoms with van der Waals surface area (Å²) < 4.78 is 7.16. The molecule has 1 aliphatic heterocycles. The average Bonchev–Trinajstić information content (AvgIpc) is 2.67. The summed E-state index contributed by atoms with van der Waals surface area (Å²) in [7, 11) is 1.92. The van der Waals surface area contributed by atoms with Crippen molar-refractivity contribution in [3.05, 3.63) is 17.5 Å². The van der Waals surface area contributed by atoms with E-state index in [9.17, 15) is 5.11 Å². The third-order valence-electron chi connectivity index (χ3n) is 3.52. The number of rotatable bonds is 4. The van der Waals surface area contributed by atoms with Crippen molar-refractivity contribution in [1.29, 1.82) is 0 Å². The highest BCUT2D eigenvalue weighted by Gasteiger charge is 2.31. The third kappa shape index (κ3) is 2.86. The number of nitrogens with one attached hydrogen (secondary N) is 1. The lowest BCUT2D eigenvalue weighted by Crippen LogP contribution is -2.51. The van der Waals surface area contributed by atoms with Gasteiger partial charge in [0.15, 0.2) is 0 Å². The predicted octanol–water partition coefficient (Wildman–Crippen LogP) is 0.360. The predicted molar refractivity (Wildman–Crippen MR) is 64.7 cm³/mol. The molecular formula is C12H21N3O2. The summed E-state index contributed by atoms with van der Waals surface area (Å²) in [6.45, 7) is 4.36. The number of aliphatic hydroxyl groups is 1. The number of hydrogen-bond donors (Lipinski definition) is 2. The molecule has 5 nitrogen and oxygen atoms in total. The van der Waals surface area contributed by atoms with E-state index in [0.29, 0.717) is 0 Å². The fourth-order valence-corrected chi connectivity index (χ4v) is 2.26. The first-order valence-electron chi connectivity index (χ1n) is 6.08. The molecule has 2 heterocycles. The van der Waals surface area contributed by atoms with Gasteiger partial charge in [0.2, 0.25) is 0 Å². The number of aryl methyl sites for hydroxylation is 2. The first kappa shape index (κ1) is 12.5. The van der Waals surface area contributed by atoms with E-state index < -0.39 is 0 Å². The Labute approximate surface area is 102 Å². The molecule has 2 N–H and O–H groups in total. The van der Waals surface area contributed by atoms with E-state index in [4.69, 9.17) is 4.74 Å². The highest BCUT2D eigenvalue weighted by Crippen LogP contribution is 2.21. The summed E-state index contributed by atoms with van der Waals surface area (Å²) in [5, 5.41) is 17.3. The summed E-state index contributed by atoms with van der Waals surface area (Å²) >= 11 is 0. The standard InChI is InChI=1S/C12H21N3O2/c1-10-11(8-15(2)14-10)7-13-12(9-16)3-5-17-6-4-12/h8,13,16H,3-7,9H2,1-2H3. The Balaban J connectivity index is 1.98. The molecule has 1 aromatic rings. The van der Waals surface area contributed by atoms with Gasteiger partial charge in [-0.05, 0) is 19.8 Å². The van der Waals surface area contributed by atoms with Gasteiger partial charge in [0, 0.05) is 44.1 Å². The molecule has 0 unspecified atom stereocenters. The zero-order valence-electron chi connectivity index (χ0n) is 10.6. The second-order valence-corrected chi connectivity index (χ2v) is 4.82. The number of ether oxygens (including phenoxy) is 1. The van der Waals surface area contributed by atoms with Crippen LogP contribution in [0.25, 0.3) is 0 Å². The van der Waals surface area contributed by atoms with Crippen molar-refractivity contribution in [3.63, 3.8) is 0 Å². The number of nitrogens with zero attached hydrogens (tertiary/aromatic N) is 2. The Morgan fingerprint density at radius 1 is 1.53 bits per heavy atom. The van der Waals surface area contributed by atoms with Gasteiger partial charge in [-0.25, -0.2) is 0 Å². The van der Waals surface area contributed by atoms with Gasteiger partial charge in [-0.1, -0.05) is 0 Å². The van der Waals surface area contributed by atoms with Gasteiger partial charge in [-0.15, -0.1) is 0 Å². The van der Waals surface area contributed by atoms with Crippen molar-refractivity contribution < 1.29 is 9.84 Å². The molecule has 1 fully saturated rings. The van der Waals surface area contributed by atoms with E-state index in [1.165, 1.54) is 5.56 Å². The quantitative estimate of drug-likeness (QED) is 0.796. The first-order valence-corrected chi connectivity index (χ1v) is 6.08. The van der Waals surface area contributed by atoms with Gasteiger partial charge in [0.25, 0.3) is 0 Å². The lowest BCUT2D eigenvalue weighted by atomic mass is 9.91. The van der Waals surface area contributed by atoms with Crippen LogP contribution in [0.5, 0.6) is 0 Å². The van der Waals surface area contributed by atoms with Crippen molar-refractivity contribution in [3.8, 4) is 0 Å². The van der Waals surface area contributed by atoms with Crippen LogP contribution in [0.3, 0.4) is 0 Å². The Hall–Kier alpha value is -0.910. The van der Waals surface area contributed by atoms with Crippen LogP contribution in [0.2, 0.25) is 0 Å². The smallest absolute Gasteiger partial charge is 0.0638 e. The Morgan fingerprint density at radius 2 is 2.24 bits per heavy atom. The van der Waals surface area contributed by atoms with Crippen LogP contribution in [0, 0.1) is 6.92 Å². The third-order valence-corrected chi connectivity index (χ3v) is 3.52. The number of hydrogen-bond acceptors (Lipinski definition) is 4. The van der Waals surface area contributed by atoms with Crippen LogP contribution < -0.4 is 5.32 Å². The molecular weight excluding hydrogens is 218 g/mol. The lowest BCUT2D eigenvalue weighted by Gasteiger charge is -2.36. The average molecular weight is 239 g/mol. The fraction of sp³-hybridized carbons (Fsp3) is 0.750. The van der Waals surface area contributed by atoms with Gasteiger partial charge in [0.1, 0.15) is 0 Å². The Morgan fingerprint density at radius 3 is 2.76 bits per heavy atom. The van der Waals surface area contributed by atoms with Crippen LogP contribution in [0.1, 0.15) is 24.1 Å². The molecule has 0 radical (unpaired) electrons. The van der Waals surface area contributed by atoms with Crippen LogP contribution in [-0.4, -0.2) is 40.2 Å². The molecule has 1 aliphatic rings. The Bertz CT molecular complexity index is 370. The number of aliphatic hydroxyl groups excluding tert-OH is 1. The molecule has 0 atom stereocenters. The minimum atomic E-state index is -0.180. The largest absolute Gasteiger partial charge is 0.394 e. The second-order valence-electron chi connectivity index (χ2n) is 4.82. The maximum Gasteiger partial charge on any atom is 0.0638 e. The topological polar surface area (TPSA) is 59.3 Å². The van der Waals surface area contributed by atoms with Crippen molar-refractivity contribution >= 4 is 0 Å². The Kier molecular flexibility index (Phi) is 3.81. The maximum absolute atomic E-state index is 9.56. The minimum Gasteiger partial charge on any atom is -0.394 e. The van der Waals surface area contributed by atoms with E-state index in [2.05, 4.69) is 10.4 Å². The second kappa shape index (κ2) is 5.16. The highest BCUT2D eigenvalue weighted by atomic mass is 16.5. The molecule has 0 aliphatic carbocycles. The van der Waals surface area contributed by atoms with E-state index in [0.717, 1.165) is 38.3 Å². The zero-order valence-corrected chi connectivity index (χ0v) is 10.6. The van der Waals surface area contributed by atoms with Gasteiger partial charge in [-0.3, -0.25) is 4.68 Å². The molecule has 2 rings (SSSR count). The maximum atomic E-state index is 9.56. The van der Waals surface area contributed by atoms with Crippen LogP contribution in [-0.2, 0) is 18.3 Å².